The lowest BCUT2D eigenvalue weighted by Gasteiger charge is -2.00. The highest BCUT2D eigenvalue weighted by Gasteiger charge is 2.53. The maximum Gasteiger partial charge on any atom is 0.309 e. The van der Waals surface area contributed by atoms with E-state index in [1.807, 2.05) is 25.1 Å². The van der Waals surface area contributed by atoms with Crippen LogP contribution in [0.3, 0.4) is 0 Å². The summed E-state index contributed by atoms with van der Waals surface area (Å²) >= 11 is 0. The number of hydrogen-bond donors (Lipinski definition) is 0. The van der Waals surface area contributed by atoms with E-state index in [-0.39, 0.29) is 11.9 Å². The molecule has 1 aromatic rings. The zero-order valence-electron chi connectivity index (χ0n) is 9.14. The van der Waals surface area contributed by atoms with Crippen LogP contribution in [-0.2, 0) is 9.53 Å². The Kier molecular flexibility index (Phi) is 2.76. The van der Waals surface area contributed by atoms with Crippen molar-refractivity contribution in [3.63, 3.8) is 0 Å². The van der Waals surface area contributed by atoms with E-state index in [1.54, 1.807) is 0 Å². The lowest BCUT2D eigenvalue weighted by atomic mass is 10.1. The van der Waals surface area contributed by atoms with E-state index >= 15 is 0 Å². The van der Waals surface area contributed by atoms with Crippen LogP contribution in [-0.4, -0.2) is 12.6 Å². The molecule has 0 radical (unpaired) electrons. The Balaban J connectivity index is 2.06. The van der Waals surface area contributed by atoms with Crippen molar-refractivity contribution in [3.8, 4) is 0 Å². The van der Waals surface area contributed by atoms with Crippen LogP contribution in [0.5, 0.6) is 0 Å². The lowest BCUT2D eigenvalue weighted by molar-refractivity contribution is -0.145. The molecule has 0 spiro atoms. The van der Waals surface area contributed by atoms with Crippen molar-refractivity contribution in [3.05, 3.63) is 35.9 Å². The molecule has 3 atom stereocenters. The van der Waals surface area contributed by atoms with Gasteiger partial charge < -0.3 is 4.74 Å². The molecule has 1 fully saturated rings. The fraction of sp³-hybridized carbons (Fsp3) is 0.462. The van der Waals surface area contributed by atoms with Gasteiger partial charge in [0.15, 0.2) is 0 Å². The molecule has 80 valence electrons. The molecule has 0 unspecified atom stereocenters. The van der Waals surface area contributed by atoms with Crippen LogP contribution in [0.2, 0.25) is 0 Å². The molecule has 1 aliphatic rings. The first-order chi connectivity index (χ1) is 7.25. The first-order valence-electron chi connectivity index (χ1n) is 5.47. The highest BCUT2D eigenvalue weighted by molar-refractivity contribution is 5.78. The second kappa shape index (κ2) is 4.05. The third-order valence-electron chi connectivity index (χ3n) is 3.12. The van der Waals surface area contributed by atoms with Gasteiger partial charge in [-0.05, 0) is 18.4 Å². The SMILES string of the molecule is CCOC(=O)[C@@H]1[C@H](C)[C@H]1c1ccccc1. The highest BCUT2D eigenvalue weighted by Crippen LogP contribution is 2.54. The first kappa shape index (κ1) is 10.2. The van der Waals surface area contributed by atoms with E-state index in [9.17, 15) is 4.79 Å². The predicted molar refractivity (Wildman–Crippen MR) is 58.5 cm³/mol. The van der Waals surface area contributed by atoms with Crippen LogP contribution >= 0.6 is 0 Å². The van der Waals surface area contributed by atoms with Gasteiger partial charge in [0.1, 0.15) is 0 Å². The quantitative estimate of drug-likeness (QED) is 0.707. The molecule has 0 amide bonds. The molecule has 2 rings (SSSR count). The normalized spacial score (nSPS) is 28.5. The van der Waals surface area contributed by atoms with Gasteiger partial charge in [-0.2, -0.15) is 0 Å². The van der Waals surface area contributed by atoms with Crippen molar-refractivity contribution in [1.29, 1.82) is 0 Å². The molecule has 1 aromatic carbocycles. The van der Waals surface area contributed by atoms with Crippen molar-refractivity contribution in [2.45, 2.75) is 19.8 Å². The summed E-state index contributed by atoms with van der Waals surface area (Å²) < 4.78 is 5.05. The van der Waals surface area contributed by atoms with E-state index in [1.165, 1.54) is 5.56 Å². The number of benzene rings is 1. The van der Waals surface area contributed by atoms with Gasteiger partial charge in [-0.1, -0.05) is 37.3 Å². The summed E-state index contributed by atoms with van der Waals surface area (Å²) in [5.74, 6) is 0.822. The number of carbonyl (C=O) groups is 1. The molecule has 0 N–H and O–H groups in total. The standard InChI is InChI=1S/C13H16O2/c1-3-15-13(14)12-9(2)11(12)10-7-5-4-6-8-10/h4-9,11-12H,3H2,1-2H3/t9-,11+,12-/m1/s1. The van der Waals surface area contributed by atoms with Crippen molar-refractivity contribution in [2.75, 3.05) is 6.61 Å². The molecule has 0 aromatic heterocycles. The summed E-state index contributed by atoms with van der Waals surface area (Å²) in [4.78, 5) is 11.6. The fourth-order valence-corrected chi connectivity index (χ4v) is 2.25. The minimum Gasteiger partial charge on any atom is -0.466 e. The molecule has 2 nitrogen and oxygen atoms in total. The zero-order valence-corrected chi connectivity index (χ0v) is 9.14. The molecule has 0 bridgehead atoms. The monoisotopic (exact) mass is 204 g/mol. The smallest absolute Gasteiger partial charge is 0.309 e. The average Bonchev–Trinajstić information content (AvgIpc) is 2.92. The van der Waals surface area contributed by atoms with Crippen molar-refractivity contribution >= 4 is 5.97 Å². The molecule has 1 aliphatic carbocycles. The molecule has 2 heteroatoms. The minimum absolute atomic E-state index is 0.0427. The average molecular weight is 204 g/mol. The van der Waals surface area contributed by atoms with Crippen molar-refractivity contribution in [1.82, 2.24) is 0 Å². The largest absolute Gasteiger partial charge is 0.466 e. The van der Waals surface area contributed by atoms with E-state index in [0.29, 0.717) is 18.4 Å². The summed E-state index contributed by atoms with van der Waals surface area (Å²) in [6.07, 6.45) is 0. The van der Waals surface area contributed by atoms with Crippen LogP contribution in [0.1, 0.15) is 25.3 Å². The van der Waals surface area contributed by atoms with Crippen molar-refractivity contribution in [2.24, 2.45) is 11.8 Å². The molecular weight excluding hydrogens is 188 g/mol. The van der Waals surface area contributed by atoms with Gasteiger partial charge in [0.05, 0.1) is 12.5 Å². The second-order valence-electron chi connectivity index (χ2n) is 4.07. The number of carbonyl (C=O) groups excluding carboxylic acids is 1. The minimum atomic E-state index is -0.0427. The predicted octanol–water partition coefficient (Wildman–Crippen LogP) is 2.60. The second-order valence-corrected chi connectivity index (χ2v) is 4.07. The molecule has 0 saturated heterocycles. The van der Waals surface area contributed by atoms with Gasteiger partial charge in [-0.3, -0.25) is 4.79 Å². The van der Waals surface area contributed by atoms with E-state index in [4.69, 9.17) is 4.74 Å². The number of rotatable bonds is 3. The van der Waals surface area contributed by atoms with Gasteiger partial charge in [0.25, 0.3) is 0 Å². The Morgan fingerprint density at radius 3 is 2.60 bits per heavy atom. The van der Waals surface area contributed by atoms with Gasteiger partial charge in [0.2, 0.25) is 0 Å². The molecule has 0 heterocycles. The molecular formula is C13H16O2. The zero-order chi connectivity index (χ0) is 10.8. The van der Waals surface area contributed by atoms with Gasteiger partial charge >= 0.3 is 5.97 Å². The Labute approximate surface area is 90.3 Å². The number of esters is 1. The van der Waals surface area contributed by atoms with E-state index in [0.717, 1.165) is 0 Å². The Hall–Kier alpha value is -1.31. The van der Waals surface area contributed by atoms with Gasteiger partial charge in [-0.15, -0.1) is 0 Å². The van der Waals surface area contributed by atoms with Crippen LogP contribution in [0.15, 0.2) is 30.3 Å². The first-order valence-corrected chi connectivity index (χ1v) is 5.47. The summed E-state index contributed by atoms with van der Waals surface area (Å²) in [6.45, 7) is 4.44. The molecule has 0 aliphatic heterocycles. The topological polar surface area (TPSA) is 26.3 Å². The summed E-state index contributed by atoms with van der Waals surface area (Å²) in [6, 6.07) is 10.2. The third kappa shape index (κ3) is 1.89. The molecule has 15 heavy (non-hydrogen) atoms. The molecule has 1 saturated carbocycles. The van der Waals surface area contributed by atoms with Crippen LogP contribution in [0, 0.1) is 11.8 Å². The maximum atomic E-state index is 11.6. The lowest BCUT2D eigenvalue weighted by Crippen LogP contribution is -2.07. The fourth-order valence-electron chi connectivity index (χ4n) is 2.25. The van der Waals surface area contributed by atoms with E-state index in [2.05, 4.69) is 19.1 Å². The number of ether oxygens (including phenoxy) is 1. The highest BCUT2D eigenvalue weighted by atomic mass is 16.5. The Bertz CT molecular complexity index is 345. The van der Waals surface area contributed by atoms with E-state index < -0.39 is 0 Å². The third-order valence-corrected chi connectivity index (χ3v) is 3.12. The summed E-state index contributed by atoms with van der Waals surface area (Å²) in [5, 5.41) is 0. The van der Waals surface area contributed by atoms with Crippen LogP contribution in [0.25, 0.3) is 0 Å². The van der Waals surface area contributed by atoms with Crippen LogP contribution in [0.4, 0.5) is 0 Å². The van der Waals surface area contributed by atoms with Gasteiger partial charge in [0, 0.05) is 5.92 Å². The van der Waals surface area contributed by atoms with Gasteiger partial charge in [-0.25, -0.2) is 0 Å². The number of hydrogen-bond acceptors (Lipinski definition) is 2. The van der Waals surface area contributed by atoms with Crippen molar-refractivity contribution < 1.29 is 9.53 Å². The summed E-state index contributed by atoms with van der Waals surface area (Å²) in [7, 11) is 0. The van der Waals surface area contributed by atoms with Crippen LogP contribution < -0.4 is 0 Å². The summed E-state index contributed by atoms with van der Waals surface area (Å²) in [5.41, 5.74) is 1.25. The Morgan fingerprint density at radius 1 is 1.33 bits per heavy atom. The Morgan fingerprint density at radius 2 is 2.00 bits per heavy atom. The maximum absolute atomic E-state index is 11.6.